The second-order valence-corrected chi connectivity index (χ2v) is 12.7. The van der Waals surface area contributed by atoms with Gasteiger partial charge < -0.3 is 0 Å². The zero-order chi connectivity index (χ0) is 24.8. The van der Waals surface area contributed by atoms with Gasteiger partial charge in [-0.05, 0) is 12.8 Å². The highest BCUT2D eigenvalue weighted by Gasteiger charge is 2.86. The highest BCUT2D eigenvalue weighted by atomic mass is 32.3. The molecule has 188 valence electrons. The van der Waals surface area contributed by atoms with E-state index >= 15 is 0 Å². The molecule has 1 saturated heterocycles. The molecule has 0 atom stereocenters. The fourth-order valence-electron chi connectivity index (χ4n) is 3.44. The van der Waals surface area contributed by atoms with E-state index < -0.39 is 91.3 Å². The number of rotatable bonds is 8. The van der Waals surface area contributed by atoms with Gasteiger partial charge in [-0.25, -0.2) is 3.63 Å². The quantitative estimate of drug-likeness (QED) is 0.432. The highest BCUT2D eigenvalue weighted by Crippen LogP contribution is 2.60. The van der Waals surface area contributed by atoms with Crippen LogP contribution in [0.1, 0.15) is 38.5 Å². The number of ketones is 2. The number of alkyl halides is 9. The van der Waals surface area contributed by atoms with Crippen molar-refractivity contribution in [1.82, 2.24) is 0 Å². The third kappa shape index (κ3) is 4.76. The Bertz CT molecular complexity index is 838. The maximum Gasteiger partial charge on any atom is 0.460 e. The van der Waals surface area contributed by atoms with Gasteiger partial charge in [-0.3, -0.25) is 9.59 Å². The molecule has 2 aliphatic rings. The van der Waals surface area contributed by atoms with Crippen LogP contribution in [0.15, 0.2) is 0 Å². The van der Waals surface area contributed by atoms with Crippen LogP contribution in [0.2, 0.25) is 0 Å². The summed E-state index contributed by atoms with van der Waals surface area (Å²) in [6, 6.07) is 0. The summed E-state index contributed by atoms with van der Waals surface area (Å²) < 4.78 is 147. The van der Waals surface area contributed by atoms with E-state index in [2.05, 4.69) is 3.63 Å². The minimum Gasteiger partial charge on any atom is -0.300 e. The van der Waals surface area contributed by atoms with Gasteiger partial charge in [-0.2, -0.15) is 47.9 Å². The fraction of sp³-hybridized carbons (Fsp3) is 0.875. The first kappa shape index (κ1) is 27.2. The second-order valence-electron chi connectivity index (χ2n) is 7.69. The van der Waals surface area contributed by atoms with Crippen LogP contribution >= 0.6 is 10.3 Å². The minimum absolute atomic E-state index is 0.395. The second kappa shape index (κ2) is 8.64. The molecular formula is C16H19F9O5S2. The highest BCUT2D eigenvalue weighted by molar-refractivity contribution is 8.33. The molecule has 0 aromatic rings. The number of carbonyl (C=O) groups is 2. The monoisotopic (exact) mass is 526 g/mol. The summed E-state index contributed by atoms with van der Waals surface area (Å²) in [5.74, 6) is -18.5. The Balaban J connectivity index is 2.40. The third-order valence-electron chi connectivity index (χ3n) is 5.39. The van der Waals surface area contributed by atoms with Gasteiger partial charge in [0.2, 0.25) is 0 Å². The Kier molecular flexibility index (Phi) is 7.34. The van der Waals surface area contributed by atoms with Gasteiger partial charge in [0.1, 0.15) is 11.6 Å². The van der Waals surface area contributed by atoms with E-state index in [0.717, 1.165) is 0 Å². The molecule has 2 fully saturated rings. The normalized spacial score (nSPS) is 22.7. The van der Waals surface area contributed by atoms with Crippen molar-refractivity contribution < 1.29 is 61.1 Å². The SMILES string of the molecule is O=C1CCS(CC(=O)C2CCCC2)(OS(=O)(=O)C(F)(F)C(F)(F)C(F)(F)C(F)(F)F)CC1. The third-order valence-corrected chi connectivity index (χ3v) is 10.8. The summed E-state index contributed by atoms with van der Waals surface area (Å²) in [6.07, 6.45) is -6.03. The molecule has 1 aliphatic carbocycles. The predicted molar refractivity (Wildman–Crippen MR) is 94.3 cm³/mol. The lowest BCUT2D eigenvalue weighted by atomic mass is 10.0. The van der Waals surface area contributed by atoms with Gasteiger partial charge >= 0.3 is 33.4 Å². The molecule has 0 spiro atoms. The summed E-state index contributed by atoms with van der Waals surface area (Å²) >= 11 is 0. The number of carbonyl (C=O) groups excluding carboxylic acids is 2. The van der Waals surface area contributed by atoms with Crippen molar-refractivity contribution in [1.29, 1.82) is 0 Å². The smallest absolute Gasteiger partial charge is 0.300 e. The molecule has 1 heterocycles. The van der Waals surface area contributed by atoms with E-state index in [1.807, 2.05) is 0 Å². The van der Waals surface area contributed by atoms with Gasteiger partial charge in [0.15, 0.2) is 0 Å². The molecule has 32 heavy (non-hydrogen) atoms. The zero-order valence-electron chi connectivity index (χ0n) is 16.2. The van der Waals surface area contributed by atoms with Crippen LogP contribution in [-0.4, -0.2) is 60.5 Å². The number of hydrogen-bond acceptors (Lipinski definition) is 5. The zero-order valence-corrected chi connectivity index (χ0v) is 17.8. The molecule has 0 bridgehead atoms. The summed E-state index contributed by atoms with van der Waals surface area (Å²) in [6.45, 7) is 0. The lowest BCUT2D eigenvalue weighted by Crippen LogP contribution is -2.63. The average Bonchev–Trinajstić information content (AvgIpc) is 3.17. The van der Waals surface area contributed by atoms with Gasteiger partial charge in [0.05, 0.1) is 5.75 Å². The van der Waals surface area contributed by atoms with Gasteiger partial charge in [0.25, 0.3) is 0 Å². The standard InChI is InChI=1S/C16H19F9O5S2/c17-13(18,15(21,22)23)14(19,20)16(24,25)32(28,29)30-31(7-5-11(26)6-8-31)9-12(27)10-3-1-2-4-10/h10H,1-9H2. The molecule has 0 N–H and O–H groups in total. The minimum atomic E-state index is -7.42. The number of Topliss-reactive ketones (excluding diaryl/α,β-unsaturated/α-hetero) is 2. The lowest BCUT2D eigenvalue weighted by molar-refractivity contribution is -0.382. The maximum atomic E-state index is 14.1. The van der Waals surface area contributed by atoms with Crippen LogP contribution < -0.4 is 0 Å². The molecule has 5 nitrogen and oxygen atoms in total. The van der Waals surface area contributed by atoms with E-state index in [-0.39, 0.29) is 0 Å². The Hall–Kier alpha value is -1.03. The van der Waals surface area contributed by atoms with Crippen LogP contribution in [0, 0.1) is 5.92 Å². The topological polar surface area (TPSA) is 77.5 Å². The van der Waals surface area contributed by atoms with E-state index in [1.54, 1.807) is 0 Å². The largest absolute Gasteiger partial charge is 0.460 e. The van der Waals surface area contributed by atoms with Gasteiger partial charge in [-0.1, -0.05) is 12.8 Å². The summed E-state index contributed by atoms with van der Waals surface area (Å²) in [5.41, 5.74) is 0. The molecule has 1 saturated carbocycles. The first-order valence-electron chi connectivity index (χ1n) is 9.26. The molecule has 0 unspecified atom stereocenters. The molecule has 0 aromatic carbocycles. The van der Waals surface area contributed by atoms with Crippen molar-refractivity contribution in [3.8, 4) is 0 Å². The fourth-order valence-corrected chi connectivity index (χ4v) is 8.93. The number of halogens is 9. The summed E-state index contributed by atoms with van der Waals surface area (Å²) in [5, 5.41) is -6.99. The van der Waals surface area contributed by atoms with Crippen LogP contribution in [0.4, 0.5) is 39.5 Å². The van der Waals surface area contributed by atoms with Crippen molar-refractivity contribution in [2.45, 2.75) is 61.8 Å². The van der Waals surface area contributed by atoms with Crippen molar-refractivity contribution >= 4 is 32.0 Å². The molecular weight excluding hydrogens is 507 g/mol. The molecule has 0 radical (unpaired) electrons. The van der Waals surface area contributed by atoms with Gasteiger partial charge in [-0.15, -0.1) is 10.3 Å². The number of hydrogen-bond donors (Lipinski definition) is 0. The van der Waals surface area contributed by atoms with E-state index in [4.69, 9.17) is 0 Å². The Labute approximate surface area is 178 Å². The van der Waals surface area contributed by atoms with Crippen LogP contribution in [0.5, 0.6) is 0 Å². The molecule has 0 aromatic heterocycles. The Morgan fingerprint density at radius 2 is 1.38 bits per heavy atom. The first-order chi connectivity index (χ1) is 14.3. The molecule has 1 aliphatic heterocycles. The van der Waals surface area contributed by atoms with Crippen LogP contribution in [0.3, 0.4) is 0 Å². The van der Waals surface area contributed by atoms with E-state index in [9.17, 15) is 57.5 Å². The molecule has 0 amide bonds. The lowest BCUT2D eigenvalue weighted by Gasteiger charge is -2.42. The van der Waals surface area contributed by atoms with Crippen molar-refractivity contribution in [2.75, 3.05) is 17.3 Å². The molecule has 16 heteroatoms. The van der Waals surface area contributed by atoms with Crippen LogP contribution in [-0.2, 0) is 23.3 Å². The van der Waals surface area contributed by atoms with Crippen LogP contribution in [0.25, 0.3) is 0 Å². The van der Waals surface area contributed by atoms with E-state index in [1.165, 1.54) is 0 Å². The predicted octanol–water partition coefficient (Wildman–Crippen LogP) is 4.60. The Morgan fingerprint density at radius 1 is 0.906 bits per heavy atom. The van der Waals surface area contributed by atoms with Crippen molar-refractivity contribution in [2.24, 2.45) is 5.92 Å². The summed E-state index contributed by atoms with van der Waals surface area (Å²) in [4.78, 5) is 24.0. The van der Waals surface area contributed by atoms with E-state index in [0.29, 0.717) is 25.7 Å². The summed E-state index contributed by atoms with van der Waals surface area (Å²) in [7, 11) is -10.6. The first-order valence-corrected chi connectivity index (χ1v) is 12.7. The Morgan fingerprint density at radius 3 is 1.81 bits per heavy atom. The van der Waals surface area contributed by atoms with Crippen molar-refractivity contribution in [3.63, 3.8) is 0 Å². The maximum absolute atomic E-state index is 14.1. The van der Waals surface area contributed by atoms with Crippen molar-refractivity contribution in [3.05, 3.63) is 0 Å². The van der Waals surface area contributed by atoms with Gasteiger partial charge in [0, 0.05) is 30.3 Å². The molecule has 2 rings (SSSR count). The average molecular weight is 526 g/mol.